The van der Waals surface area contributed by atoms with Gasteiger partial charge in [0.1, 0.15) is 11.6 Å². The summed E-state index contributed by atoms with van der Waals surface area (Å²) in [6.07, 6.45) is -1.00. The van der Waals surface area contributed by atoms with Crippen LogP contribution in [0.4, 0.5) is 10.1 Å². The number of rotatable bonds is 6. The van der Waals surface area contributed by atoms with Gasteiger partial charge in [0, 0.05) is 5.69 Å². The van der Waals surface area contributed by atoms with Crippen LogP contribution in [0.2, 0.25) is 0 Å². The summed E-state index contributed by atoms with van der Waals surface area (Å²) in [6.45, 7) is 5.00. The lowest BCUT2D eigenvalue weighted by Gasteiger charge is -2.15. The third-order valence-electron chi connectivity index (χ3n) is 3.69. The van der Waals surface area contributed by atoms with E-state index in [2.05, 4.69) is 5.32 Å². The van der Waals surface area contributed by atoms with E-state index in [1.165, 1.54) is 31.2 Å². The molecular weight excluding hydrogens is 325 g/mol. The van der Waals surface area contributed by atoms with Gasteiger partial charge in [-0.1, -0.05) is 12.1 Å². The fourth-order valence-corrected chi connectivity index (χ4v) is 2.08. The monoisotopic (exact) mass is 345 g/mol. The number of hydrogen-bond donors (Lipinski definition) is 1. The van der Waals surface area contributed by atoms with E-state index in [1.54, 1.807) is 6.07 Å². The number of carbonyl (C=O) groups is 2. The van der Waals surface area contributed by atoms with Crippen molar-refractivity contribution in [2.75, 3.05) is 11.9 Å². The second-order valence-corrected chi connectivity index (χ2v) is 5.61. The molecule has 0 unspecified atom stereocenters. The predicted octanol–water partition coefficient (Wildman–Crippen LogP) is 3.39. The number of esters is 1. The van der Waals surface area contributed by atoms with Crippen LogP contribution in [-0.2, 0) is 14.3 Å². The zero-order chi connectivity index (χ0) is 18.4. The molecule has 0 bridgehead atoms. The van der Waals surface area contributed by atoms with Gasteiger partial charge in [-0.3, -0.25) is 4.79 Å². The fourth-order valence-electron chi connectivity index (χ4n) is 2.08. The average Bonchev–Trinajstić information content (AvgIpc) is 2.58. The molecule has 0 aliphatic rings. The molecule has 1 amide bonds. The number of aryl methyl sites for hydroxylation is 1. The first-order valence-corrected chi connectivity index (χ1v) is 7.81. The first-order valence-electron chi connectivity index (χ1n) is 7.81. The second kappa shape index (κ2) is 8.28. The van der Waals surface area contributed by atoms with Crippen LogP contribution in [0, 0.1) is 19.7 Å². The van der Waals surface area contributed by atoms with Crippen molar-refractivity contribution in [3.63, 3.8) is 0 Å². The van der Waals surface area contributed by atoms with Crippen LogP contribution in [0.25, 0.3) is 0 Å². The van der Waals surface area contributed by atoms with Crippen molar-refractivity contribution in [2.45, 2.75) is 26.9 Å². The van der Waals surface area contributed by atoms with E-state index in [-0.39, 0.29) is 6.61 Å². The van der Waals surface area contributed by atoms with Crippen molar-refractivity contribution in [3.05, 3.63) is 59.4 Å². The molecule has 2 rings (SSSR count). The molecule has 0 aliphatic heterocycles. The SMILES string of the molecule is Cc1cccc(OCC(=O)O[C@@H](C)C(=O)Nc2ccc(F)cc2)c1C. The molecule has 1 atom stereocenters. The van der Waals surface area contributed by atoms with E-state index in [1.807, 2.05) is 26.0 Å². The van der Waals surface area contributed by atoms with Crippen molar-refractivity contribution < 1.29 is 23.5 Å². The molecule has 2 aromatic carbocycles. The van der Waals surface area contributed by atoms with Gasteiger partial charge in [-0.15, -0.1) is 0 Å². The summed E-state index contributed by atoms with van der Waals surface area (Å²) < 4.78 is 23.3. The highest BCUT2D eigenvalue weighted by molar-refractivity contribution is 5.95. The number of carbonyl (C=O) groups excluding carboxylic acids is 2. The lowest BCUT2D eigenvalue weighted by Crippen LogP contribution is -2.31. The molecule has 6 heteroatoms. The third-order valence-corrected chi connectivity index (χ3v) is 3.69. The highest BCUT2D eigenvalue weighted by Crippen LogP contribution is 2.20. The van der Waals surface area contributed by atoms with E-state index >= 15 is 0 Å². The summed E-state index contributed by atoms with van der Waals surface area (Å²) in [5.41, 5.74) is 2.41. The summed E-state index contributed by atoms with van der Waals surface area (Å²) >= 11 is 0. The van der Waals surface area contributed by atoms with E-state index < -0.39 is 23.8 Å². The van der Waals surface area contributed by atoms with Crippen LogP contribution in [0.1, 0.15) is 18.1 Å². The first-order chi connectivity index (χ1) is 11.9. The molecule has 5 nitrogen and oxygen atoms in total. The van der Waals surface area contributed by atoms with Gasteiger partial charge >= 0.3 is 5.97 Å². The number of nitrogens with one attached hydrogen (secondary N) is 1. The van der Waals surface area contributed by atoms with Crippen molar-refractivity contribution in [1.82, 2.24) is 0 Å². The summed E-state index contributed by atoms with van der Waals surface area (Å²) in [7, 11) is 0. The van der Waals surface area contributed by atoms with Crippen molar-refractivity contribution in [1.29, 1.82) is 0 Å². The minimum Gasteiger partial charge on any atom is -0.482 e. The molecular formula is C19H20FNO4. The van der Waals surface area contributed by atoms with Gasteiger partial charge in [0.25, 0.3) is 5.91 Å². The standard InChI is InChI=1S/C19H20FNO4/c1-12-5-4-6-17(13(12)2)24-11-18(22)25-14(3)19(23)21-16-9-7-15(20)8-10-16/h4-10,14H,11H2,1-3H3,(H,21,23)/t14-/m0/s1. The number of benzene rings is 2. The number of ether oxygens (including phenoxy) is 2. The molecule has 1 N–H and O–H groups in total. The minimum absolute atomic E-state index is 0.293. The Morgan fingerprint density at radius 3 is 2.48 bits per heavy atom. The summed E-state index contributed by atoms with van der Waals surface area (Å²) in [5.74, 6) is -0.962. The largest absolute Gasteiger partial charge is 0.482 e. The van der Waals surface area contributed by atoms with Gasteiger partial charge in [0.2, 0.25) is 0 Å². The molecule has 0 saturated carbocycles. The molecule has 2 aromatic rings. The quantitative estimate of drug-likeness (QED) is 0.815. The zero-order valence-electron chi connectivity index (χ0n) is 14.3. The van der Waals surface area contributed by atoms with E-state index in [0.29, 0.717) is 11.4 Å². The van der Waals surface area contributed by atoms with Crippen molar-refractivity contribution >= 4 is 17.6 Å². The molecule has 25 heavy (non-hydrogen) atoms. The smallest absolute Gasteiger partial charge is 0.344 e. The molecule has 132 valence electrons. The van der Waals surface area contributed by atoms with Gasteiger partial charge in [0.05, 0.1) is 0 Å². The van der Waals surface area contributed by atoms with Crippen LogP contribution in [-0.4, -0.2) is 24.6 Å². The van der Waals surface area contributed by atoms with E-state index in [0.717, 1.165) is 11.1 Å². The summed E-state index contributed by atoms with van der Waals surface area (Å²) in [5, 5.41) is 2.54. The van der Waals surface area contributed by atoms with Crippen LogP contribution >= 0.6 is 0 Å². The maximum Gasteiger partial charge on any atom is 0.344 e. The molecule has 0 fully saturated rings. The fraction of sp³-hybridized carbons (Fsp3) is 0.263. The number of amides is 1. The van der Waals surface area contributed by atoms with E-state index in [4.69, 9.17) is 9.47 Å². The van der Waals surface area contributed by atoms with Gasteiger partial charge in [-0.05, 0) is 62.2 Å². The Labute approximate surface area is 145 Å². The minimum atomic E-state index is -1.00. The molecule has 0 saturated heterocycles. The van der Waals surface area contributed by atoms with Crippen molar-refractivity contribution in [3.8, 4) is 5.75 Å². The van der Waals surface area contributed by atoms with Crippen LogP contribution in [0.15, 0.2) is 42.5 Å². The molecule has 0 spiro atoms. The van der Waals surface area contributed by atoms with Gasteiger partial charge < -0.3 is 14.8 Å². The number of hydrogen-bond acceptors (Lipinski definition) is 4. The van der Waals surface area contributed by atoms with Gasteiger partial charge in [-0.2, -0.15) is 0 Å². The molecule has 0 aromatic heterocycles. The lowest BCUT2D eigenvalue weighted by atomic mass is 10.1. The summed E-state index contributed by atoms with van der Waals surface area (Å²) in [6, 6.07) is 10.8. The Bertz CT molecular complexity index is 759. The predicted molar refractivity (Wildman–Crippen MR) is 92.0 cm³/mol. The molecule has 0 aliphatic carbocycles. The second-order valence-electron chi connectivity index (χ2n) is 5.61. The maximum absolute atomic E-state index is 12.8. The van der Waals surface area contributed by atoms with Crippen LogP contribution < -0.4 is 10.1 Å². The number of halogens is 1. The Hall–Kier alpha value is -2.89. The first kappa shape index (κ1) is 18.4. The molecule has 0 radical (unpaired) electrons. The van der Waals surface area contributed by atoms with E-state index in [9.17, 15) is 14.0 Å². The highest BCUT2D eigenvalue weighted by Gasteiger charge is 2.18. The lowest BCUT2D eigenvalue weighted by molar-refractivity contribution is -0.155. The maximum atomic E-state index is 12.8. The topological polar surface area (TPSA) is 64.6 Å². The van der Waals surface area contributed by atoms with Gasteiger partial charge in [-0.25, -0.2) is 9.18 Å². The van der Waals surface area contributed by atoms with Crippen LogP contribution in [0.3, 0.4) is 0 Å². The highest BCUT2D eigenvalue weighted by atomic mass is 19.1. The van der Waals surface area contributed by atoms with Gasteiger partial charge in [0.15, 0.2) is 12.7 Å². The Morgan fingerprint density at radius 1 is 1.12 bits per heavy atom. The third kappa shape index (κ3) is 5.31. The van der Waals surface area contributed by atoms with Crippen molar-refractivity contribution in [2.24, 2.45) is 0 Å². The number of anilines is 1. The normalized spacial score (nSPS) is 11.5. The molecule has 0 heterocycles. The Morgan fingerprint density at radius 2 is 1.80 bits per heavy atom. The Balaban J connectivity index is 1.83. The summed E-state index contributed by atoms with van der Waals surface area (Å²) in [4.78, 5) is 23.8. The van der Waals surface area contributed by atoms with Crippen LogP contribution in [0.5, 0.6) is 5.75 Å². The average molecular weight is 345 g/mol. The zero-order valence-corrected chi connectivity index (χ0v) is 14.3. The Kier molecular flexibility index (Phi) is 6.11.